The van der Waals surface area contributed by atoms with Crippen LogP contribution in [0.25, 0.3) is 0 Å². The molecule has 4 heteroatoms. The Morgan fingerprint density at radius 1 is 1.17 bits per heavy atom. The molecule has 0 saturated carbocycles. The van der Waals surface area contributed by atoms with Gasteiger partial charge in [0.1, 0.15) is 5.75 Å². The Hall–Kier alpha value is -2.00. The van der Waals surface area contributed by atoms with E-state index in [1.807, 2.05) is 48.5 Å². The normalized spacial score (nSPS) is 11.8. The molecule has 0 aliphatic carbocycles. The van der Waals surface area contributed by atoms with Crippen molar-refractivity contribution >= 4 is 17.5 Å². The van der Waals surface area contributed by atoms with E-state index in [1.165, 1.54) is 0 Å². The molecule has 1 amide bonds. The Morgan fingerprint density at radius 3 is 2.48 bits per heavy atom. The average molecular weight is 332 g/mol. The largest absolute Gasteiger partial charge is 0.497 e. The predicted octanol–water partition coefficient (Wildman–Crippen LogP) is 4.55. The van der Waals surface area contributed by atoms with Crippen LogP contribution in [-0.4, -0.2) is 13.0 Å². The number of carbonyl (C=O) groups is 1. The van der Waals surface area contributed by atoms with Crippen molar-refractivity contribution in [1.29, 1.82) is 0 Å². The summed E-state index contributed by atoms with van der Waals surface area (Å²) in [4.78, 5) is 12.2. The van der Waals surface area contributed by atoms with E-state index in [0.29, 0.717) is 17.9 Å². The van der Waals surface area contributed by atoms with Crippen LogP contribution in [0.3, 0.4) is 0 Å². The third-order valence-electron chi connectivity index (χ3n) is 3.84. The Labute approximate surface area is 142 Å². The lowest BCUT2D eigenvalue weighted by atomic mass is 10.0. The molecule has 0 spiro atoms. The van der Waals surface area contributed by atoms with E-state index in [4.69, 9.17) is 16.3 Å². The van der Waals surface area contributed by atoms with Crippen LogP contribution in [0, 0.1) is 0 Å². The zero-order valence-electron chi connectivity index (χ0n) is 13.5. The third-order valence-corrected chi connectivity index (χ3v) is 4.21. The highest BCUT2D eigenvalue weighted by molar-refractivity contribution is 6.31. The highest BCUT2D eigenvalue weighted by atomic mass is 35.5. The summed E-state index contributed by atoms with van der Waals surface area (Å²) < 4.78 is 5.16. The second-order valence-electron chi connectivity index (χ2n) is 5.39. The molecule has 23 heavy (non-hydrogen) atoms. The van der Waals surface area contributed by atoms with E-state index in [9.17, 15) is 4.79 Å². The molecule has 0 aromatic heterocycles. The molecule has 0 heterocycles. The van der Waals surface area contributed by atoms with Crippen molar-refractivity contribution in [3.05, 3.63) is 64.7 Å². The number of methoxy groups -OCH3 is 1. The summed E-state index contributed by atoms with van der Waals surface area (Å²) in [7, 11) is 1.64. The lowest BCUT2D eigenvalue weighted by Crippen LogP contribution is -2.28. The first kappa shape index (κ1) is 17.4. The van der Waals surface area contributed by atoms with Gasteiger partial charge in [-0.25, -0.2) is 0 Å². The third kappa shape index (κ3) is 5.00. The summed E-state index contributed by atoms with van der Waals surface area (Å²) in [5.74, 6) is 0.848. The van der Waals surface area contributed by atoms with Gasteiger partial charge >= 0.3 is 0 Å². The zero-order valence-corrected chi connectivity index (χ0v) is 14.3. The van der Waals surface area contributed by atoms with E-state index in [1.54, 1.807) is 7.11 Å². The molecule has 1 atom stereocenters. The van der Waals surface area contributed by atoms with Crippen LogP contribution in [-0.2, 0) is 11.2 Å². The Kier molecular flexibility index (Phi) is 6.48. The maximum atomic E-state index is 12.2. The number of hydrogen-bond donors (Lipinski definition) is 1. The number of halogens is 1. The predicted molar refractivity (Wildman–Crippen MR) is 93.9 cm³/mol. The second kappa shape index (κ2) is 8.59. The molecule has 0 saturated heterocycles. The summed E-state index contributed by atoms with van der Waals surface area (Å²) in [6.07, 6.45) is 1.91. The number of rotatable bonds is 7. The maximum Gasteiger partial charge on any atom is 0.220 e. The van der Waals surface area contributed by atoms with Crippen LogP contribution in [0.1, 0.15) is 36.9 Å². The maximum absolute atomic E-state index is 12.2. The molecule has 0 aliphatic rings. The molecule has 0 aliphatic heterocycles. The smallest absolute Gasteiger partial charge is 0.220 e. The van der Waals surface area contributed by atoms with Crippen molar-refractivity contribution in [1.82, 2.24) is 5.32 Å². The Bertz CT molecular complexity index is 640. The SMILES string of the molecule is CCC(NC(=O)CCc1ccccc1Cl)c1ccc(OC)cc1. The highest BCUT2D eigenvalue weighted by Crippen LogP contribution is 2.21. The van der Waals surface area contributed by atoms with Crippen molar-refractivity contribution in [3.8, 4) is 5.75 Å². The second-order valence-corrected chi connectivity index (χ2v) is 5.80. The number of carbonyl (C=O) groups excluding carboxylic acids is 1. The van der Waals surface area contributed by atoms with Crippen molar-refractivity contribution in [2.45, 2.75) is 32.2 Å². The summed E-state index contributed by atoms with van der Waals surface area (Å²) in [5.41, 5.74) is 2.08. The monoisotopic (exact) mass is 331 g/mol. The minimum Gasteiger partial charge on any atom is -0.497 e. The fraction of sp³-hybridized carbons (Fsp3) is 0.316. The van der Waals surface area contributed by atoms with Gasteiger partial charge in [-0.3, -0.25) is 4.79 Å². The van der Waals surface area contributed by atoms with Gasteiger partial charge in [0.05, 0.1) is 13.2 Å². The molecule has 0 radical (unpaired) electrons. The fourth-order valence-electron chi connectivity index (χ4n) is 2.47. The van der Waals surface area contributed by atoms with Gasteiger partial charge in [-0.15, -0.1) is 0 Å². The van der Waals surface area contributed by atoms with Gasteiger partial charge < -0.3 is 10.1 Å². The average Bonchev–Trinajstić information content (AvgIpc) is 2.59. The van der Waals surface area contributed by atoms with Crippen LogP contribution < -0.4 is 10.1 Å². The number of aryl methyl sites for hydroxylation is 1. The number of hydrogen-bond acceptors (Lipinski definition) is 2. The quantitative estimate of drug-likeness (QED) is 0.808. The standard InChI is InChI=1S/C19H22ClNO2/c1-3-18(15-8-11-16(23-2)12-9-15)21-19(22)13-10-14-6-4-5-7-17(14)20/h4-9,11-12,18H,3,10,13H2,1-2H3,(H,21,22). The lowest BCUT2D eigenvalue weighted by Gasteiger charge is -2.18. The fourth-order valence-corrected chi connectivity index (χ4v) is 2.70. The van der Waals surface area contributed by atoms with Gasteiger partial charge in [-0.2, -0.15) is 0 Å². The van der Waals surface area contributed by atoms with Crippen molar-refractivity contribution in [2.24, 2.45) is 0 Å². The van der Waals surface area contributed by atoms with Gasteiger partial charge in [0.25, 0.3) is 0 Å². The first-order valence-corrected chi connectivity index (χ1v) is 8.18. The molecular weight excluding hydrogens is 310 g/mol. The number of amides is 1. The summed E-state index contributed by atoms with van der Waals surface area (Å²) >= 11 is 6.12. The minimum absolute atomic E-state index is 0.0136. The van der Waals surface area contributed by atoms with Gasteiger partial charge in [-0.05, 0) is 42.2 Å². The van der Waals surface area contributed by atoms with E-state index in [0.717, 1.165) is 23.3 Å². The Balaban J connectivity index is 1.92. The van der Waals surface area contributed by atoms with Crippen molar-refractivity contribution < 1.29 is 9.53 Å². The molecule has 1 N–H and O–H groups in total. The summed E-state index contributed by atoms with van der Waals surface area (Å²) in [6.45, 7) is 2.06. The van der Waals surface area contributed by atoms with E-state index < -0.39 is 0 Å². The van der Waals surface area contributed by atoms with Gasteiger partial charge in [0.2, 0.25) is 5.91 Å². The first-order chi connectivity index (χ1) is 11.1. The Morgan fingerprint density at radius 2 is 1.87 bits per heavy atom. The number of benzene rings is 2. The number of nitrogens with one attached hydrogen (secondary N) is 1. The molecule has 3 nitrogen and oxygen atoms in total. The van der Waals surface area contributed by atoms with E-state index in [2.05, 4.69) is 12.2 Å². The van der Waals surface area contributed by atoms with Crippen LogP contribution in [0.2, 0.25) is 5.02 Å². The molecule has 2 aromatic rings. The summed E-state index contributed by atoms with van der Waals surface area (Å²) in [5, 5.41) is 3.80. The molecule has 0 bridgehead atoms. The minimum atomic E-state index is 0.0136. The van der Waals surface area contributed by atoms with Crippen LogP contribution in [0.5, 0.6) is 5.75 Å². The van der Waals surface area contributed by atoms with Crippen molar-refractivity contribution in [2.75, 3.05) is 7.11 Å². The summed E-state index contributed by atoms with van der Waals surface area (Å²) in [6, 6.07) is 15.4. The lowest BCUT2D eigenvalue weighted by molar-refractivity contribution is -0.121. The first-order valence-electron chi connectivity index (χ1n) is 7.80. The molecule has 1 unspecified atom stereocenters. The van der Waals surface area contributed by atoms with Gasteiger partial charge in [0.15, 0.2) is 0 Å². The molecule has 2 rings (SSSR count). The van der Waals surface area contributed by atoms with Crippen LogP contribution >= 0.6 is 11.6 Å². The molecule has 0 fully saturated rings. The molecule has 2 aromatic carbocycles. The van der Waals surface area contributed by atoms with Gasteiger partial charge in [0, 0.05) is 11.4 Å². The van der Waals surface area contributed by atoms with Gasteiger partial charge in [-0.1, -0.05) is 48.9 Å². The zero-order chi connectivity index (χ0) is 16.7. The van der Waals surface area contributed by atoms with Crippen molar-refractivity contribution in [3.63, 3.8) is 0 Å². The van der Waals surface area contributed by atoms with E-state index in [-0.39, 0.29) is 11.9 Å². The molecular formula is C19H22ClNO2. The highest BCUT2D eigenvalue weighted by Gasteiger charge is 2.13. The van der Waals surface area contributed by atoms with Crippen LogP contribution in [0.4, 0.5) is 0 Å². The van der Waals surface area contributed by atoms with Crippen LogP contribution in [0.15, 0.2) is 48.5 Å². The topological polar surface area (TPSA) is 38.3 Å². The van der Waals surface area contributed by atoms with E-state index >= 15 is 0 Å². The molecule has 122 valence electrons. The number of ether oxygens (including phenoxy) is 1.